The van der Waals surface area contributed by atoms with Crippen LogP contribution in [0.5, 0.6) is 0 Å². The molecule has 4 rings (SSSR count). The standard InChI is InChI=1S/C28H32FN3O5/c1-17(2)25-26(28(37)31-15-19-5-3-4-6-20(19)16-31)32(12-11-22(33)13-23(34)14-24(35)36)27(30-25)18-7-9-21(29)10-8-18/h3-10,17,22-23,33-34H,11-16H2,1-2H3,(H,35,36)/t22-,23-/m1/s1. The van der Waals surface area contributed by atoms with E-state index in [1.165, 1.54) is 12.1 Å². The number of nitrogens with zero attached hydrogens (tertiary/aromatic N) is 3. The van der Waals surface area contributed by atoms with E-state index in [1.54, 1.807) is 21.6 Å². The number of aromatic nitrogens is 2. The minimum Gasteiger partial charge on any atom is -0.481 e. The van der Waals surface area contributed by atoms with Gasteiger partial charge in [-0.25, -0.2) is 9.37 Å². The first-order valence-corrected chi connectivity index (χ1v) is 12.4. The maximum absolute atomic E-state index is 13.9. The fraction of sp³-hybridized carbons (Fsp3) is 0.393. The molecule has 0 saturated heterocycles. The van der Waals surface area contributed by atoms with Gasteiger partial charge in [-0.3, -0.25) is 9.59 Å². The molecule has 2 aromatic carbocycles. The van der Waals surface area contributed by atoms with E-state index in [9.17, 15) is 24.2 Å². The number of carbonyl (C=O) groups is 2. The molecule has 0 saturated carbocycles. The maximum atomic E-state index is 13.9. The number of rotatable bonds is 10. The van der Waals surface area contributed by atoms with Crippen LogP contribution < -0.4 is 0 Å². The first-order valence-electron chi connectivity index (χ1n) is 12.4. The number of imidazole rings is 1. The molecule has 1 aromatic heterocycles. The van der Waals surface area contributed by atoms with Crippen LogP contribution in [-0.4, -0.2) is 53.9 Å². The number of amides is 1. The second-order valence-corrected chi connectivity index (χ2v) is 9.84. The number of carboxylic acids is 1. The van der Waals surface area contributed by atoms with Gasteiger partial charge in [0, 0.05) is 25.2 Å². The summed E-state index contributed by atoms with van der Waals surface area (Å²) in [6, 6.07) is 13.8. The average molecular weight is 510 g/mol. The Labute approximate surface area is 215 Å². The Bertz CT molecular complexity index is 1250. The molecule has 0 spiro atoms. The average Bonchev–Trinajstić information content (AvgIpc) is 3.44. The topological polar surface area (TPSA) is 116 Å². The minimum atomic E-state index is -1.18. The molecule has 1 aliphatic rings. The normalized spacial score (nSPS) is 14.6. The summed E-state index contributed by atoms with van der Waals surface area (Å²) in [6.07, 6.45) is -2.56. The fourth-order valence-electron chi connectivity index (χ4n) is 4.76. The molecule has 2 atom stereocenters. The molecule has 8 nitrogen and oxygen atoms in total. The van der Waals surface area contributed by atoms with E-state index in [4.69, 9.17) is 10.1 Å². The van der Waals surface area contributed by atoms with Gasteiger partial charge in [0.05, 0.1) is 24.3 Å². The van der Waals surface area contributed by atoms with Crippen LogP contribution in [0.4, 0.5) is 4.39 Å². The van der Waals surface area contributed by atoms with Crippen LogP contribution in [0.25, 0.3) is 11.4 Å². The Balaban J connectivity index is 1.69. The molecular formula is C28H32FN3O5. The summed E-state index contributed by atoms with van der Waals surface area (Å²) in [6.45, 7) is 5.07. The van der Waals surface area contributed by atoms with Crippen molar-refractivity contribution in [3.8, 4) is 11.4 Å². The molecule has 1 amide bonds. The van der Waals surface area contributed by atoms with E-state index < -0.39 is 24.6 Å². The first-order chi connectivity index (χ1) is 17.6. The number of aliphatic hydroxyl groups excluding tert-OH is 2. The van der Waals surface area contributed by atoms with Crippen LogP contribution in [0.1, 0.15) is 66.3 Å². The predicted octanol–water partition coefficient (Wildman–Crippen LogP) is 3.95. The Kier molecular flexibility index (Phi) is 8.04. The Hall–Kier alpha value is -3.56. The van der Waals surface area contributed by atoms with Gasteiger partial charge in [0.2, 0.25) is 0 Å². The lowest BCUT2D eigenvalue weighted by Gasteiger charge is -2.21. The lowest BCUT2D eigenvalue weighted by molar-refractivity contribution is -0.139. The lowest BCUT2D eigenvalue weighted by atomic mass is 10.1. The molecule has 1 aliphatic heterocycles. The van der Waals surface area contributed by atoms with Crippen LogP contribution in [0.15, 0.2) is 48.5 Å². The zero-order valence-electron chi connectivity index (χ0n) is 21.0. The van der Waals surface area contributed by atoms with Crippen LogP contribution >= 0.6 is 0 Å². The number of fused-ring (bicyclic) bond motifs is 1. The second kappa shape index (κ2) is 11.2. The summed E-state index contributed by atoms with van der Waals surface area (Å²) < 4.78 is 15.4. The molecule has 9 heteroatoms. The van der Waals surface area contributed by atoms with Crippen molar-refractivity contribution in [2.45, 2.75) is 70.9 Å². The number of aliphatic hydroxyl groups is 2. The van der Waals surface area contributed by atoms with Crippen molar-refractivity contribution in [2.24, 2.45) is 0 Å². The molecule has 3 aromatic rings. The van der Waals surface area contributed by atoms with Crippen LogP contribution in [0, 0.1) is 5.82 Å². The lowest BCUT2D eigenvalue weighted by Crippen LogP contribution is -2.29. The van der Waals surface area contributed by atoms with Crippen molar-refractivity contribution in [3.05, 3.63) is 76.9 Å². The third-order valence-corrected chi connectivity index (χ3v) is 6.61. The summed E-state index contributed by atoms with van der Waals surface area (Å²) in [7, 11) is 0. The van der Waals surface area contributed by atoms with Gasteiger partial charge in [0.15, 0.2) is 0 Å². The SMILES string of the molecule is CC(C)c1nc(-c2ccc(F)cc2)n(CC[C@@H](O)C[C@@H](O)CC(=O)O)c1C(=O)N1Cc2ccccc2C1. The summed E-state index contributed by atoms with van der Waals surface area (Å²) in [5.74, 6) is -1.30. The first kappa shape index (κ1) is 26.5. The quantitative estimate of drug-likeness (QED) is 0.381. The number of benzene rings is 2. The van der Waals surface area contributed by atoms with E-state index in [1.807, 2.05) is 38.1 Å². The molecule has 0 radical (unpaired) electrons. The third kappa shape index (κ3) is 6.06. The number of hydrogen-bond donors (Lipinski definition) is 3. The molecular weight excluding hydrogens is 477 g/mol. The molecule has 37 heavy (non-hydrogen) atoms. The second-order valence-electron chi connectivity index (χ2n) is 9.84. The Morgan fingerprint density at radius 1 is 1.00 bits per heavy atom. The monoisotopic (exact) mass is 509 g/mol. The Morgan fingerprint density at radius 2 is 1.62 bits per heavy atom. The maximum Gasteiger partial charge on any atom is 0.305 e. The van der Waals surface area contributed by atoms with Gasteiger partial charge in [-0.1, -0.05) is 38.1 Å². The number of carbonyl (C=O) groups excluding carboxylic acids is 1. The van der Waals surface area contributed by atoms with E-state index in [0.717, 1.165) is 11.1 Å². The van der Waals surface area contributed by atoms with Gasteiger partial charge in [-0.15, -0.1) is 0 Å². The number of carboxylic acid groups (broad SMARTS) is 1. The summed E-state index contributed by atoms with van der Waals surface area (Å²) >= 11 is 0. The highest BCUT2D eigenvalue weighted by Gasteiger charge is 2.32. The highest BCUT2D eigenvalue weighted by atomic mass is 19.1. The molecule has 0 aliphatic carbocycles. The van der Waals surface area contributed by atoms with Crippen molar-refractivity contribution < 1.29 is 29.3 Å². The smallest absolute Gasteiger partial charge is 0.305 e. The van der Waals surface area contributed by atoms with Gasteiger partial charge in [-0.05, 0) is 54.2 Å². The molecule has 3 N–H and O–H groups in total. The van der Waals surface area contributed by atoms with E-state index >= 15 is 0 Å². The largest absolute Gasteiger partial charge is 0.481 e. The molecule has 196 valence electrons. The van der Waals surface area contributed by atoms with Gasteiger partial charge >= 0.3 is 5.97 Å². The zero-order valence-corrected chi connectivity index (χ0v) is 21.0. The molecule has 0 fully saturated rings. The Morgan fingerprint density at radius 3 is 2.19 bits per heavy atom. The van der Waals surface area contributed by atoms with Crippen molar-refractivity contribution in [1.29, 1.82) is 0 Å². The molecule has 2 heterocycles. The number of aliphatic carboxylic acids is 1. The zero-order chi connectivity index (χ0) is 26.7. The minimum absolute atomic E-state index is 0.0771. The van der Waals surface area contributed by atoms with E-state index in [0.29, 0.717) is 35.9 Å². The molecule has 0 unspecified atom stereocenters. The summed E-state index contributed by atoms with van der Waals surface area (Å²) in [4.78, 5) is 31.4. The van der Waals surface area contributed by atoms with Gasteiger partial charge in [0.25, 0.3) is 5.91 Å². The highest BCUT2D eigenvalue weighted by Crippen LogP contribution is 2.31. The van der Waals surface area contributed by atoms with Crippen molar-refractivity contribution in [2.75, 3.05) is 0 Å². The predicted molar refractivity (Wildman–Crippen MR) is 135 cm³/mol. The van der Waals surface area contributed by atoms with Crippen LogP contribution in [0.3, 0.4) is 0 Å². The van der Waals surface area contributed by atoms with E-state index in [-0.39, 0.29) is 37.0 Å². The van der Waals surface area contributed by atoms with Gasteiger partial charge in [-0.2, -0.15) is 0 Å². The van der Waals surface area contributed by atoms with Gasteiger partial charge < -0.3 is 24.8 Å². The summed E-state index contributed by atoms with van der Waals surface area (Å²) in [5, 5.41) is 29.4. The van der Waals surface area contributed by atoms with Crippen molar-refractivity contribution in [3.63, 3.8) is 0 Å². The molecule has 0 bridgehead atoms. The fourth-order valence-corrected chi connectivity index (χ4v) is 4.76. The van der Waals surface area contributed by atoms with Crippen LogP contribution in [-0.2, 0) is 24.4 Å². The van der Waals surface area contributed by atoms with Crippen LogP contribution in [0.2, 0.25) is 0 Å². The van der Waals surface area contributed by atoms with Crippen molar-refractivity contribution >= 4 is 11.9 Å². The van der Waals surface area contributed by atoms with Gasteiger partial charge in [0.1, 0.15) is 17.3 Å². The number of hydrogen-bond acceptors (Lipinski definition) is 5. The summed E-state index contributed by atoms with van der Waals surface area (Å²) in [5.41, 5.74) is 3.85. The number of halogens is 1. The highest BCUT2D eigenvalue weighted by molar-refractivity contribution is 5.95. The third-order valence-electron chi connectivity index (χ3n) is 6.61. The van der Waals surface area contributed by atoms with Crippen molar-refractivity contribution in [1.82, 2.24) is 14.5 Å². The van der Waals surface area contributed by atoms with E-state index in [2.05, 4.69) is 0 Å².